The van der Waals surface area contributed by atoms with Crippen LogP contribution in [0.25, 0.3) is 0 Å². The van der Waals surface area contributed by atoms with E-state index in [9.17, 15) is 4.39 Å². The molecule has 1 atom stereocenters. The van der Waals surface area contributed by atoms with Gasteiger partial charge in [0.2, 0.25) is 0 Å². The van der Waals surface area contributed by atoms with Crippen molar-refractivity contribution in [1.29, 1.82) is 0 Å². The predicted octanol–water partition coefficient (Wildman–Crippen LogP) is 2.82. The van der Waals surface area contributed by atoms with Gasteiger partial charge in [0.25, 0.3) is 0 Å². The van der Waals surface area contributed by atoms with Crippen molar-refractivity contribution in [2.45, 2.75) is 19.0 Å². The van der Waals surface area contributed by atoms with E-state index in [4.69, 9.17) is 5.73 Å². The molecule has 2 rings (SSSR count). The first-order valence-electron chi connectivity index (χ1n) is 5.49. The quantitative estimate of drug-likeness (QED) is 0.906. The van der Waals surface area contributed by atoms with Crippen molar-refractivity contribution in [3.8, 4) is 0 Å². The molecule has 90 valence electrons. The van der Waals surface area contributed by atoms with Gasteiger partial charge < -0.3 is 5.73 Å². The van der Waals surface area contributed by atoms with Gasteiger partial charge in [-0.3, -0.25) is 0 Å². The van der Waals surface area contributed by atoms with Gasteiger partial charge in [0.15, 0.2) is 5.67 Å². The summed E-state index contributed by atoms with van der Waals surface area (Å²) in [4.78, 5) is 4.29. The Kier molecular flexibility index (Phi) is 3.54. The number of rotatable bonds is 4. The Morgan fingerprint density at radius 1 is 1.35 bits per heavy atom. The highest BCUT2D eigenvalue weighted by Gasteiger charge is 2.31. The number of alkyl halides is 1. The van der Waals surface area contributed by atoms with Crippen molar-refractivity contribution in [3.05, 3.63) is 52.0 Å². The highest BCUT2D eigenvalue weighted by molar-refractivity contribution is 7.09. The molecule has 2 aromatic rings. The van der Waals surface area contributed by atoms with Crippen LogP contribution >= 0.6 is 11.3 Å². The van der Waals surface area contributed by atoms with Crippen LogP contribution in [0.3, 0.4) is 0 Å². The first-order valence-corrected chi connectivity index (χ1v) is 6.37. The molecule has 0 aliphatic rings. The second-order valence-electron chi connectivity index (χ2n) is 4.07. The highest BCUT2D eigenvalue weighted by atomic mass is 32.1. The van der Waals surface area contributed by atoms with Crippen molar-refractivity contribution < 1.29 is 4.39 Å². The lowest BCUT2D eigenvalue weighted by Gasteiger charge is -2.23. The van der Waals surface area contributed by atoms with E-state index in [1.54, 1.807) is 12.1 Å². The number of nitrogens with two attached hydrogens (primary N) is 1. The Morgan fingerprint density at radius 3 is 2.59 bits per heavy atom. The number of hydrogen-bond acceptors (Lipinski definition) is 3. The van der Waals surface area contributed by atoms with E-state index in [0.29, 0.717) is 5.56 Å². The zero-order valence-electron chi connectivity index (χ0n) is 9.69. The molecule has 0 spiro atoms. The van der Waals surface area contributed by atoms with E-state index < -0.39 is 5.67 Å². The molecule has 4 heteroatoms. The van der Waals surface area contributed by atoms with Crippen molar-refractivity contribution in [2.24, 2.45) is 5.73 Å². The van der Waals surface area contributed by atoms with Crippen LogP contribution in [-0.4, -0.2) is 11.5 Å². The van der Waals surface area contributed by atoms with Gasteiger partial charge in [-0.15, -0.1) is 11.3 Å². The molecule has 17 heavy (non-hydrogen) atoms. The lowest BCUT2D eigenvalue weighted by Crippen LogP contribution is -2.32. The average Bonchev–Trinajstić information content (AvgIpc) is 2.75. The summed E-state index contributed by atoms with van der Waals surface area (Å²) < 4.78 is 14.8. The number of halogens is 1. The fourth-order valence-electron chi connectivity index (χ4n) is 1.81. The molecule has 0 aliphatic carbocycles. The van der Waals surface area contributed by atoms with Gasteiger partial charge in [-0.2, -0.15) is 0 Å². The molecule has 1 unspecified atom stereocenters. The third kappa shape index (κ3) is 2.70. The lowest BCUT2D eigenvalue weighted by molar-refractivity contribution is 0.174. The van der Waals surface area contributed by atoms with Crippen LogP contribution in [0.5, 0.6) is 0 Å². The fourth-order valence-corrected chi connectivity index (χ4v) is 2.42. The summed E-state index contributed by atoms with van der Waals surface area (Å²) in [6.45, 7) is 1.88. The van der Waals surface area contributed by atoms with Gasteiger partial charge in [-0.05, 0) is 12.5 Å². The molecule has 1 aromatic heterocycles. The number of aryl methyl sites for hydroxylation is 1. The van der Waals surface area contributed by atoms with Gasteiger partial charge in [-0.1, -0.05) is 30.3 Å². The number of benzene rings is 1. The predicted molar refractivity (Wildman–Crippen MR) is 68.8 cm³/mol. The fraction of sp³-hybridized carbons (Fsp3) is 0.308. The summed E-state index contributed by atoms with van der Waals surface area (Å²) in [6.07, 6.45) is 0.234. The molecule has 0 aliphatic heterocycles. The van der Waals surface area contributed by atoms with E-state index in [0.717, 1.165) is 10.7 Å². The van der Waals surface area contributed by atoms with Gasteiger partial charge in [0.1, 0.15) is 0 Å². The summed E-state index contributed by atoms with van der Waals surface area (Å²) in [5, 5.41) is 2.84. The smallest absolute Gasteiger partial charge is 0.153 e. The minimum atomic E-state index is -1.53. The lowest BCUT2D eigenvalue weighted by atomic mass is 9.91. The van der Waals surface area contributed by atoms with E-state index in [-0.39, 0.29) is 13.0 Å². The second kappa shape index (κ2) is 4.94. The number of thiazole rings is 1. The third-order valence-corrected chi connectivity index (χ3v) is 3.56. The van der Waals surface area contributed by atoms with E-state index >= 15 is 0 Å². The minimum absolute atomic E-state index is 0.0341. The maximum atomic E-state index is 14.8. The molecule has 0 radical (unpaired) electrons. The Hall–Kier alpha value is -1.26. The molecular formula is C13H15FN2S. The van der Waals surface area contributed by atoms with Gasteiger partial charge in [-0.25, -0.2) is 9.37 Å². The Balaban J connectivity index is 2.26. The average molecular weight is 250 g/mol. The molecule has 0 saturated heterocycles. The Morgan fingerprint density at radius 2 is 2.06 bits per heavy atom. The van der Waals surface area contributed by atoms with Crippen molar-refractivity contribution >= 4 is 11.3 Å². The summed E-state index contributed by atoms with van der Waals surface area (Å²) in [5.74, 6) is 0. The molecule has 0 amide bonds. The first-order chi connectivity index (χ1) is 8.14. The maximum absolute atomic E-state index is 14.8. The SMILES string of the molecule is Cc1nc(CC(F)(CN)c2ccccc2)cs1. The van der Waals surface area contributed by atoms with Gasteiger partial charge in [0, 0.05) is 18.3 Å². The topological polar surface area (TPSA) is 38.9 Å². The molecule has 1 heterocycles. The molecule has 2 nitrogen and oxygen atoms in total. The monoisotopic (exact) mass is 250 g/mol. The number of nitrogens with zero attached hydrogens (tertiary/aromatic N) is 1. The summed E-state index contributed by atoms with van der Waals surface area (Å²) in [5.41, 5.74) is 5.45. The number of aromatic nitrogens is 1. The summed E-state index contributed by atoms with van der Waals surface area (Å²) in [6, 6.07) is 9.06. The largest absolute Gasteiger partial charge is 0.327 e. The molecular weight excluding hydrogens is 235 g/mol. The molecule has 0 saturated carbocycles. The first kappa shape index (κ1) is 12.2. The highest BCUT2D eigenvalue weighted by Crippen LogP contribution is 2.29. The molecule has 2 N–H and O–H groups in total. The van der Waals surface area contributed by atoms with Gasteiger partial charge >= 0.3 is 0 Å². The van der Waals surface area contributed by atoms with Crippen LogP contribution in [0.1, 0.15) is 16.3 Å². The normalized spacial score (nSPS) is 14.5. The molecule has 0 bridgehead atoms. The Labute approximate surface area is 104 Å². The number of hydrogen-bond donors (Lipinski definition) is 1. The zero-order valence-corrected chi connectivity index (χ0v) is 10.5. The zero-order chi connectivity index (χ0) is 12.3. The summed E-state index contributed by atoms with van der Waals surface area (Å²) in [7, 11) is 0. The van der Waals surface area contributed by atoms with Crippen LogP contribution in [-0.2, 0) is 12.1 Å². The van der Waals surface area contributed by atoms with Crippen molar-refractivity contribution in [3.63, 3.8) is 0 Å². The third-order valence-electron chi connectivity index (χ3n) is 2.74. The van der Waals surface area contributed by atoms with Crippen LogP contribution in [0.15, 0.2) is 35.7 Å². The summed E-state index contributed by atoms with van der Waals surface area (Å²) >= 11 is 1.53. The maximum Gasteiger partial charge on any atom is 0.153 e. The standard InChI is InChI=1S/C13H15FN2S/c1-10-16-12(8-17-10)7-13(14,9-15)11-5-3-2-4-6-11/h2-6,8H,7,9,15H2,1H3. The van der Waals surface area contributed by atoms with E-state index in [1.165, 1.54) is 11.3 Å². The molecule has 0 fully saturated rings. The van der Waals surface area contributed by atoms with Crippen molar-refractivity contribution in [1.82, 2.24) is 4.98 Å². The van der Waals surface area contributed by atoms with Crippen LogP contribution in [0.2, 0.25) is 0 Å². The van der Waals surface area contributed by atoms with Crippen LogP contribution < -0.4 is 5.73 Å². The molecule has 1 aromatic carbocycles. The van der Waals surface area contributed by atoms with Crippen molar-refractivity contribution in [2.75, 3.05) is 6.54 Å². The second-order valence-corrected chi connectivity index (χ2v) is 5.13. The Bertz CT molecular complexity index is 483. The minimum Gasteiger partial charge on any atom is -0.327 e. The van der Waals surface area contributed by atoms with Gasteiger partial charge in [0.05, 0.1) is 10.7 Å². The van der Waals surface area contributed by atoms with Crippen LogP contribution in [0.4, 0.5) is 4.39 Å². The van der Waals surface area contributed by atoms with E-state index in [1.807, 2.05) is 30.5 Å². The van der Waals surface area contributed by atoms with Crippen LogP contribution in [0, 0.1) is 6.92 Å². The van der Waals surface area contributed by atoms with E-state index in [2.05, 4.69) is 4.98 Å².